The molecule has 2 aromatic rings. The maximum Gasteiger partial charge on any atom is 0.0596 e. The van der Waals surface area contributed by atoms with E-state index in [1.807, 2.05) is 11.3 Å². The molecule has 2 atom stereocenters. The van der Waals surface area contributed by atoms with Crippen LogP contribution in [0.1, 0.15) is 35.9 Å². The highest BCUT2D eigenvalue weighted by Crippen LogP contribution is 2.31. The number of benzene rings is 1. The summed E-state index contributed by atoms with van der Waals surface area (Å²) in [6.07, 6.45) is 0. The van der Waals surface area contributed by atoms with Gasteiger partial charge in [0.05, 0.1) is 6.04 Å². The number of rotatable bonds is 6. The largest absolute Gasteiger partial charge is 0.326 e. The second-order valence-electron chi connectivity index (χ2n) is 5.32. The van der Waals surface area contributed by atoms with Crippen molar-refractivity contribution < 1.29 is 0 Å². The van der Waals surface area contributed by atoms with Gasteiger partial charge in [0.15, 0.2) is 0 Å². The van der Waals surface area contributed by atoms with E-state index in [9.17, 15) is 0 Å². The quantitative estimate of drug-likeness (QED) is 0.871. The summed E-state index contributed by atoms with van der Waals surface area (Å²) >= 11 is 1.82. The Bertz CT molecular complexity index is 519. The van der Waals surface area contributed by atoms with Gasteiger partial charge >= 0.3 is 0 Å². The molecule has 0 radical (unpaired) electrons. The average molecular weight is 288 g/mol. The van der Waals surface area contributed by atoms with E-state index in [2.05, 4.69) is 67.4 Å². The van der Waals surface area contributed by atoms with Gasteiger partial charge in [-0.3, -0.25) is 4.90 Å². The molecule has 0 aliphatic heterocycles. The van der Waals surface area contributed by atoms with Gasteiger partial charge in [-0.15, -0.1) is 11.3 Å². The molecule has 2 rings (SSSR count). The molecule has 0 spiro atoms. The summed E-state index contributed by atoms with van der Waals surface area (Å²) in [7, 11) is 0. The van der Waals surface area contributed by atoms with Crippen LogP contribution >= 0.6 is 11.3 Å². The third-order valence-corrected chi connectivity index (χ3v) is 4.79. The predicted molar refractivity (Wildman–Crippen MR) is 88.0 cm³/mol. The summed E-state index contributed by atoms with van der Waals surface area (Å²) < 4.78 is 0. The number of nitrogens with zero attached hydrogens (tertiary/aromatic N) is 1. The fraction of sp³-hybridized carbons (Fsp3) is 0.412. The first-order valence-electron chi connectivity index (χ1n) is 7.21. The minimum atomic E-state index is 0.121. The van der Waals surface area contributed by atoms with Crippen LogP contribution in [0.4, 0.5) is 0 Å². The van der Waals surface area contributed by atoms with Gasteiger partial charge in [-0.05, 0) is 43.0 Å². The lowest BCUT2D eigenvalue weighted by Crippen LogP contribution is -2.39. The van der Waals surface area contributed by atoms with E-state index in [0.717, 1.165) is 13.1 Å². The van der Waals surface area contributed by atoms with Gasteiger partial charge in [0, 0.05) is 17.5 Å². The summed E-state index contributed by atoms with van der Waals surface area (Å²) in [5, 5.41) is 2.16. The van der Waals surface area contributed by atoms with Crippen LogP contribution in [0.2, 0.25) is 0 Å². The summed E-state index contributed by atoms with van der Waals surface area (Å²) in [6.45, 7) is 8.44. The zero-order valence-electron chi connectivity index (χ0n) is 12.5. The van der Waals surface area contributed by atoms with E-state index >= 15 is 0 Å². The lowest BCUT2D eigenvalue weighted by atomic mass is 10.0. The summed E-state index contributed by atoms with van der Waals surface area (Å²) in [6, 6.07) is 13.2. The lowest BCUT2D eigenvalue weighted by molar-refractivity contribution is 0.179. The summed E-state index contributed by atoms with van der Waals surface area (Å²) in [4.78, 5) is 3.87. The molecule has 1 aromatic heterocycles. The van der Waals surface area contributed by atoms with E-state index in [4.69, 9.17) is 5.73 Å². The second-order valence-corrected chi connectivity index (χ2v) is 6.27. The maximum atomic E-state index is 6.29. The minimum absolute atomic E-state index is 0.121. The topological polar surface area (TPSA) is 29.3 Å². The van der Waals surface area contributed by atoms with E-state index < -0.39 is 0 Å². The van der Waals surface area contributed by atoms with Crippen molar-refractivity contribution in [1.29, 1.82) is 0 Å². The van der Waals surface area contributed by atoms with Gasteiger partial charge in [-0.2, -0.15) is 0 Å². The van der Waals surface area contributed by atoms with Gasteiger partial charge in [-0.1, -0.05) is 37.3 Å². The van der Waals surface area contributed by atoms with Gasteiger partial charge < -0.3 is 5.73 Å². The van der Waals surface area contributed by atoms with E-state index in [1.54, 1.807) is 0 Å². The third-order valence-electron chi connectivity index (χ3n) is 3.70. The van der Waals surface area contributed by atoms with Gasteiger partial charge in [0.1, 0.15) is 0 Å². The molecule has 2 N–H and O–H groups in total. The highest BCUT2D eigenvalue weighted by atomic mass is 32.1. The van der Waals surface area contributed by atoms with Crippen molar-refractivity contribution in [2.24, 2.45) is 5.73 Å². The number of aryl methyl sites for hydroxylation is 1. The first kappa shape index (κ1) is 15.2. The Kier molecular flexibility index (Phi) is 5.35. The SMILES string of the molecule is CCN(Cc1ccccc1)C(c1sccc1C)C(C)N. The Labute approximate surface area is 126 Å². The Hall–Kier alpha value is -1.16. The van der Waals surface area contributed by atoms with Crippen molar-refractivity contribution >= 4 is 11.3 Å². The molecule has 0 aliphatic rings. The second kappa shape index (κ2) is 7.02. The van der Waals surface area contributed by atoms with Crippen LogP contribution < -0.4 is 5.73 Å². The lowest BCUT2D eigenvalue weighted by Gasteiger charge is -2.33. The van der Waals surface area contributed by atoms with Crippen molar-refractivity contribution in [2.45, 2.75) is 39.4 Å². The fourth-order valence-corrected chi connectivity index (χ4v) is 3.83. The van der Waals surface area contributed by atoms with Crippen molar-refractivity contribution in [3.05, 3.63) is 57.8 Å². The van der Waals surface area contributed by atoms with Crippen LogP contribution in [-0.2, 0) is 6.54 Å². The summed E-state index contributed by atoms with van der Waals surface area (Å²) in [5.41, 5.74) is 8.98. The molecule has 0 saturated heterocycles. The Morgan fingerprint density at radius 1 is 1.20 bits per heavy atom. The number of nitrogens with two attached hydrogens (primary N) is 1. The molecular weight excluding hydrogens is 264 g/mol. The van der Waals surface area contributed by atoms with Crippen LogP contribution in [0.15, 0.2) is 41.8 Å². The van der Waals surface area contributed by atoms with Gasteiger partial charge in [0.25, 0.3) is 0 Å². The number of hydrogen-bond donors (Lipinski definition) is 1. The van der Waals surface area contributed by atoms with Crippen LogP contribution in [0.3, 0.4) is 0 Å². The average Bonchev–Trinajstić information content (AvgIpc) is 2.85. The van der Waals surface area contributed by atoms with Crippen LogP contribution in [0.5, 0.6) is 0 Å². The molecule has 1 heterocycles. The number of thiophene rings is 1. The molecule has 1 aromatic carbocycles. The molecule has 108 valence electrons. The van der Waals surface area contributed by atoms with Crippen LogP contribution in [0, 0.1) is 6.92 Å². The van der Waals surface area contributed by atoms with Crippen molar-refractivity contribution in [3.63, 3.8) is 0 Å². The molecule has 2 nitrogen and oxygen atoms in total. The van der Waals surface area contributed by atoms with Crippen LogP contribution in [0.25, 0.3) is 0 Å². The first-order chi connectivity index (χ1) is 9.63. The molecule has 0 amide bonds. The monoisotopic (exact) mass is 288 g/mol. The van der Waals surface area contributed by atoms with E-state index in [1.165, 1.54) is 16.0 Å². The van der Waals surface area contributed by atoms with E-state index in [0.29, 0.717) is 6.04 Å². The molecule has 0 fully saturated rings. The zero-order chi connectivity index (χ0) is 14.5. The van der Waals surface area contributed by atoms with Crippen LogP contribution in [-0.4, -0.2) is 17.5 Å². The highest BCUT2D eigenvalue weighted by molar-refractivity contribution is 7.10. The van der Waals surface area contributed by atoms with E-state index in [-0.39, 0.29) is 6.04 Å². The molecular formula is C17H24N2S. The summed E-state index contributed by atoms with van der Waals surface area (Å²) in [5.74, 6) is 0. The predicted octanol–water partition coefficient (Wildman–Crippen LogP) is 3.97. The van der Waals surface area contributed by atoms with Crippen molar-refractivity contribution in [2.75, 3.05) is 6.54 Å². The van der Waals surface area contributed by atoms with Crippen molar-refractivity contribution in [3.8, 4) is 0 Å². The molecule has 3 heteroatoms. The molecule has 0 saturated carbocycles. The molecule has 0 aliphatic carbocycles. The molecule has 0 bridgehead atoms. The number of likely N-dealkylation sites (N-methyl/N-ethyl adjacent to an activating group) is 1. The fourth-order valence-electron chi connectivity index (χ4n) is 2.65. The molecule has 20 heavy (non-hydrogen) atoms. The Morgan fingerprint density at radius 3 is 2.40 bits per heavy atom. The highest BCUT2D eigenvalue weighted by Gasteiger charge is 2.25. The Balaban J connectivity index is 2.25. The number of hydrogen-bond acceptors (Lipinski definition) is 3. The molecule has 2 unspecified atom stereocenters. The Morgan fingerprint density at radius 2 is 1.90 bits per heavy atom. The first-order valence-corrected chi connectivity index (χ1v) is 8.09. The standard InChI is InChI=1S/C17H24N2S/c1-4-19(12-15-8-6-5-7-9-15)16(14(3)18)17-13(2)10-11-20-17/h5-11,14,16H,4,12,18H2,1-3H3. The maximum absolute atomic E-state index is 6.29. The third kappa shape index (κ3) is 3.48. The van der Waals surface area contributed by atoms with Gasteiger partial charge in [0.2, 0.25) is 0 Å². The zero-order valence-corrected chi connectivity index (χ0v) is 13.4. The minimum Gasteiger partial charge on any atom is -0.326 e. The normalized spacial score (nSPS) is 14.4. The van der Waals surface area contributed by atoms with Crippen molar-refractivity contribution in [1.82, 2.24) is 4.90 Å². The van der Waals surface area contributed by atoms with Gasteiger partial charge in [-0.25, -0.2) is 0 Å². The smallest absolute Gasteiger partial charge is 0.0596 e.